The summed E-state index contributed by atoms with van der Waals surface area (Å²) in [6.45, 7) is 6.58. The standard InChI is InChI=1S/C10H19NO2S/c1-8(3-4-10(12)13)11-5-6-14-9(2)7-11/h8-9H,3-7H2,1-2H3,(H,12,13). The third kappa shape index (κ3) is 3.88. The van der Waals surface area contributed by atoms with Crippen molar-refractivity contribution in [2.75, 3.05) is 18.8 Å². The van der Waals surface area contributed by atoms with Crippen molar-refractivity contribution in [3.63, 3.8) is 0 Å². The van der Waals surface area contributed by atoms with Gasteiger partial charge in [-0.15, -0.1) is 0 Å². The molecule has 3 nitrogen and oxygen atoms in total. The van der Waals surface area contributed by atoms with E-state index in [0.29, 0.717) is 17.7 Å². The first-order chi connectivity index (χ1) is 6.59. The normalized spacial score (nSPS) is 26.0. The van der Waals surface area contributed by atoms with E-state index in [0.717, 1.165) is 19.5 Å². The van der Waals surface area contributed by atoms with Gasteiger partial charge in [-0.25, -0.2) is 0 Å². The Kier molecular flexibility index (Phi) is 4.75. The third-order valence-electron chi connectivity index (χ3n) is 2.67. The van der Waals surface area contributed by atoms with Crippen LogP contribution in [0.2, 0.25) is 0 Å². The molecule has 14 heavy (non-hydrogen) atoms. The predicted octanol–water partition coefficient (Wildman–Crippen LogP) is 1.68. The number of carbonyl (C=O) groups is 1. The molecule has 0 saturated carbocycles. The zero-order chi connectivity index (χ0) is 10.6. The van der Waals surface area contributed by atoms with Crippen molar-refractivity contribution in [1.82, 2.24) is 4.90 Å². The highest BCUT2D eigenvalue weighted by atomic mass is 32.2. The Morgan fingerprint density at radius 3 is 3.00 bits per heavy atom. The zero-order valence-electron chi connectivity index (χ0n) is 8.90. The maximum Gasteiger partial charge on any atom is 0.303 e. The highest BCUT2D eigenvalue weighted by Gasteiger charge is 2.21. The van der Waals surface area contributed by atoms with Crippen molar-refractivity contribution in [1.29, 1.82) is 0 Å². The molecule has 1 aliphatic rings. The summed E-state index contributed by atoms with van der Waals surface area (Å²) >= 11 is 2.01. The second kappa shape index (κ2) is 5.61. The number of rotatable bonds is 4. The Morgan fingerprint density at radius 1 is 1.71 bits per heavy atom. The molecule has 0 aliphatic carbocycles. The number of carboxylic acids is 1. The number of aliphatic carboxylic acids is 1. The smallest absolute Gasteiger partial charge is 0.303 e. The van der Waals surface area contributed by atoms with Crippen LogP contribution in [0.4, 0.5) is 0 Å². The molecule has 82 valence electrons. The molecule has 4 heteroatoms. The molecule has 2 unspecified atom stereocenters. The van der Waals surface area contributed by atoms with Crippen molar-refractivity contribution >= 4 is 17.7 Å². The molecule has 0 aromatic heterocycles. The molecule has 1 fully saturated rings. The van der Waals surface area contributed by atoms with Crippen molar-refractivity contribution in [2.45, 2.75) is 38.0 Å². The van der Waals surface area contributed by atoms with Gasteiger partial charge in [0.15, 0.2) is 0 Å². The van der Waals surface area contributed by atoms with Crippen molar-refractivity contribution in [2.24, 2.45) is 0 Å². The van der Waals surface area contributed by atoms with E-state index in [1.807, 2.05) is 11.8 Å². The van der Waals surface area contributed by atoms with Gasteiger partial charge in [0.25, 0.3) is 0 Å². The Balaban J connectivity index is 2.28. The number of nitrogens with zero attached hydrogens (tertiary/aromatic N) is 1. The van der Waals surface area contributed by atoms with Crippen LogP contribution in [0.15, 0.2) is 0 Å². The summed E-state index contributed by atoms with van der Waals surface area (Å²) in [5.74, 6) is 0.495. The molecule has 0 bridgehead atoms. The number of carboxylic acid groups (broad SMARTS) is 1. The van der Waals surface area contributed by atoms with E-state index in [1.165, 1.54) is 5.75 Å². The molecule has 0 aromatic carbocycles. The lowest BCUT2D eigenvalue weighted by atomic mass is 10.1. The first kappa shape index (κ1) is 11.9. The SMILES string of the molecule is CC1CN(C(C)CCC(=O)O)CCS1. The van der Waals surface area contributed by atoms with Gasteiger partial charge in [-0.1, -0.05) is 6.92 Å². The van der Waals surface area contributed by atoms with Gasteiger partial charge in [0, 0.05) is 36.6 Å². The van der Waals surface area contributed by atoms with Gasteiger partial charge in [-0.05, 0) is 13.3 Å². The quantitative estimate of drug-likeness (QED) is 0.778. The average molecular weight is 217 g/mol. The van der Waals surface area contributed by atoms with Gasteiger partial charge in [0.1, 0.15) is 0 Å². The lowest BCUT2D eigenvalue weighted by Crippen LogP contribution is -2.42. The van der Waals surface area contributed by atoms with Crippen LogP contribution in [-0.2, 0) is 4.79 Å². The van der Waals surface area contributed by atoms with Crippen molar-refractivity contribution in [3.05, 3.63) is 0 Å². The van der Waals surface area contributed by atoms with E-state index in [4.69, 9.17) is 5.11 Å². The van der Waals surface area contributed by atoms with Gasteiger partial charge < -0.3 is 5.11 Å². The van der Waals surface area contributed by atoms with Gasteiger partial charge in [0.05, 0.1) is 0 Å². The molecule has 0 radical (unpaired) electrons. The van der Waals surface area contributed by atoms with E-state index in [9.17, 15) is 4.79 Å². The molecule has 0 amide bonds. The first-order valence-electron chi connectivity index (χ1n) is 5.17. The molecule has 1 saturated heterocycles. The van der Waals surface area contributed by atoms with Crippen molar-refractivity contribution in [3.8, 4) is 0 Å². The third-order valence-corrected chi connectivity index (χ3v) is 3.81. The lowest BCUT2D eigenvalue weighted by molar-refractivity contribution is -0.137. The van der Waals surface area contributed by atoms with Crippen LogP contribution in [0.5, 0.6) is 0 Å². The first-order valence-corrected chi connectivity index (χ1v) is 6.22. The largest absolute Gasteiger partial charge is 0.481 e. The fourth-order valence-corrected chi connectivity index (χ4v) is 2.80. The molecule has 1 aliphatic heterocycles. The Bertz CT molecular complexity index is 199. The summed E-state index contributed by atoms with van der Waals surface area (Å²) in [6.07, 6.45) is 1.06. The Hall–Kier alpha value is -0.220. The number of hydrogen-bond acceptors (Lipinski definition) is 3. The highest BCUT2D eigenvalue weighted by Crippen LogP contribution is 2.20. The van der Waals surface area contributed by atoms with Gasteiger partial charge in [0.2, 0.25) is 0 Å². The van der Waals surface area contributed by atoms with E-state index >= 15 is 0 Å². The molecule has 1 rings (SSSR count). The molecule has 0 aromatic rings. The summed E-state index contributed by atoms with van der Waals surface area (Å²) < 4.78 is 0. The minimum absolute atomic E-state index is 0.291. The van der Waals surface area contributed by atoms with Crippen LogP contribution in [0.1, 0.15) is 26.7 Å². The van der Waals surface area contributed by atoms with E-state index in [2.05, 4.69) is 18.7 Å². The minimum Gasteiger partial charge on any atom is -0.481 e. The highest BCUT2D eigenvalue weighted by molar-refractivity contribution is 7.99. The van der Waals surface area contributed by atoms with Crippen LogP contribution in [0, 0.1) is 0 Å². The summed E-state index contributed by atoms with van der Waals surface area (Å²) in [4.78, 5) is 12.8. The molecular weight excluding hydrogens is 198 g/mol. The maximum absolute atomic E-state index is 10.4. The summed E-state index contributed by atoms with van der Waals surface area (Å²) in [5.41, 5.74) is 0. The van der Waals surface area contributed by atoms with Gasteiger partial charge in [-0.2, -0.15) is 11.8 Å². The average Bonchev–Trinajstić information content (AvgIpc) is 2.14. The Morgan fingerprint density at radius 2 is 2.43 bits per heavy atom. The summed E-state index contributed by atoms with van der Waals surface area (Å²) in [6, 6.07) is 0.412. The number of hydrogen-bond donors (Lipinski definition) is 1. The predicted molar refractivity (Wildman–Crippen MR) is 59.8 cm³/mol. The van der Waals surface area contributed by atoms with Crippen LogP contribution in [-0.4, -0.2) is 46.1 Å². The molecule has 0 spiro atoms. The molecule has 1 heterocycles. The maximum atomic E-state index is 10.4. The van der Waals surface area contributed by atoms with Crippen LogP contribution >= 0.6 is 11.8 Å². The van der Waals surface area contributed by atoms with Crippen LogP contribution in [0.3, 0.4) is 0 Å². The zero-order valence-corrected chi connectivity index (χ0v) is 9.72. The molecule has 1 N–H and O–H groups in total. The van der Waals surface area contributed by atoms with Gasteiger partial charge >= 0.3 is 5.97 Å². The van der Waals surface area contributed by atoms with E-state index in [1.54, 1.807) is 0 Å². The second-order valence-electron chi connectivity index (χ2n) is 3.96. The number of thioether (sulfide) groups is 1. The van der Waals surface area contributed by atoms with E-state index < -0.39 is 5.97 Å². The fraction of sp³-hybridized carbons (Fsp3) is 0.900. The van der Waals surface area contributed by atoms with E-state index in [-0.39, 0.29) is 0 Å². The lowest BCUT2D eigenvalue weighted by Gasteiger charge is -2.35. The van der Waals surface area contributed by atoms with Gasteiger partial charge in [-0.3, -0.25) is 9.69 Å². The summed E-state index contributed by atoms with van der Waals surface area (Å²) in [5, 5.41) is 9.28. The van der Waals surface area contributed by atoms with Crippen molar-refractivity contribution < 1.29 is 9.90 Å². The van der Waals surface area contributed by atoms with Crippen LogP contribution < -0.4 is 0 Å². The molecule has 2 atom stereocenters. The molecular formula is C10H19NO2S. The van der Waals surface area contributed by atoms with Crippen LogP contribution in [0.25, 0.3) is 0 Å². The Labute approximate surface area is 89.9 Å². The monoisotopic (exact) mass is 217 g/mol. The topological polar surface area (TPSA) is 40.5 Å². The fourth-order valence-electron chi connectivity index (χ4n) is 1.76. The summed E-state index contributed by atoms with van der Waals surface area (Å²) in [7, 11) is 0. The second-order valence-corrected chi connectivity index (χ2v) is 5.50. The minimum atomic E-state index is -0.684.